The minimum atomic E-state index is 0.764. The van der Waals surface area contributed by atoms with E-state index in [0.717, 1.165) is 122 Å². The molecule has 0 saturated carbocycles. The summed E-state index contributed by atoms with van der Waals surface area (Å²) < 4.78 is 19.3. The van der Waals surface area contributed by atoms with Gasteiger partial charge in [-0.3, -0.25) is 0 Å². The van der Waals surface area contributed by atoms with E-state index in [1.54, 1.807) is 0 Å². The molecule has 0 fully saturated rings. The summed E-state index contributed by atoms with van der Waals surface area (Å²) in [6, 6.07) is 42.6. The molecule has 0 radical (unpaired) electrons. The quantitative estimate of drug-likeness (QED) is 0.153. The van der Waals surface area contributed by atoms with Crippen LogP contribution in [-0.2, 0) is 0 Å². The zero-order valence-corrected chi connectivity index (χ0v) is 36.9. The molecule has 0 bridgehead atoms. The van der Waals surface area contributed by atoms with Crippen molar-refractivity contribution in [1.29, 1.82) is 0 Å². The van der Waals surface area contributed by atoms with Gasteiger partial charge in [-0.05, 0) is 79.1 Å². The summed E-state index contributed by atoms with van der Waals surface area (Å²) in [6.07, 6.45) is 33.5. The molecule has 0 atom stereocenters. The van der Waals surface area contributed by atoms with Crippen molar-refractivity contribution in [3.63, 3.8) is 0 Å². The second kappa shape index (κ2) is 16.8. The number of aromatic nitrogens is 2. The van der Waals surface area contributed by atoms with E-state index in [1.165, 1.54) is 0 Å². The van der Waals surface area contributed by atoms with Crippen LogP contribution in [0.1, 0.15) is 47.5 Å². The lowest BCUT2D eigenvalue weighted by Crippen LogP contribution is -1.97. The molecule has 10 aromatic rings. The number of hydrogen-bond donors (Lipinski definition) is 0. The predicted molar refractivity (Wildman–Crippen MR) is 283 cm³/mol. The van der Waals surface area contributed by atoms with Crippen LogP contribution in [0.2, 0.25) is 0 Å². The van der Waals surface area contributed by atoms with E-state index >= 15 is 0 Å². The number of hydrogen-bond acceptors (Lipinski definition) is 2. The van der Waals surface area contributed by atoms with Crippen LogP contribution in [0, 0.1) is 0 Å². The normalized spacial score (nSPS) is 17.1. The first-order chi connectivity index (χ1) is 32.6. The van der Waals surface area contributed by atoms with Crippen molar-refractivity contribution in [2.24, 2.45) is 0 Å². The van der Waals surface area contributed by atoms with Gasteiger partial charge in [0, 0.05) is 49.0 Å². The summed E-state index contributed by atoms with van der Waals surface area (Å²) in [5, 5.41) is 6.16. The number of furan rings is 2. The number of benzene rings is 6. The third-order valence-corrected chi connectivity index (χ3v) is 12.6. The molecule has 0 amide bonds. The van der Waals surface area contributed by atoms with Crippen LogP contribution < -0.4 is 0 Å². The Hall–Kier alpha value is -8.60. The van der Waals surface area contributed by atoms with Crippen LogP contribution in [0.25, 0.3) is 113 Å². The zero-order chi connectivity index (χ0) is 44.7. The fourth-order valence-electron chi connectivity index (χ4n) is 9.84. The van der Waals surface area contributed by atoms with Gasteiger partial charge >= 0.3 is 0 Å². The van der Waals surface area contributed by atoms with E-state index in [-0.39, 0.29) is 0 Å². The van der Waals surface area contributed by atoms with Crippen molar-refractivity contribution < 1.29 is 8.83 Å². The fraction of sp³-hybridized carbons (Fsp3) is 0.0323. The first-order valence-corrected chi connectivity index (χ1v) is 22.4. The Bertz CT molecular complexity index is 3740. The van der Waals surface area contributed by atoms with Gasteiger partial charge in [-0.15, -0.1) is 0 Å². The van der Waals surface area contributed by atoms with Gasteiger partial charge in [-0.1, -0.05) is 183 Å². The Balaban J connectivity index is 1.29. The second-order valence-electron chi connectivity index (χ2n) is 16.3. The van der Waals surface area contributed by atoms with E-state index < -0.39 is 0 Å². The molecule has 0 saturated heterocycles. The highest BCUT2D eigenvalue weighted by atomic mass is 16.3. The van der Waals surface area contributed by atoms with Gasteiger partial charge in [0.2, 0.25) is 0 Å². The Morgan fingerprint density at radius 3 is 1.65 bits per heavy atom. The third kappa shape index (κ3) is 6.45. The van der Waals surface area contributed by atoms with Gasteiger partial charge in [0.05, 0.1) is 33.8 Å². The van der Waals surface area contributed by atoms with Crippen molar-refractivity contribution in [3.8, 4) is 11.4 Å². The largest absolute Gasteiger partial charge is 0.454 e. The standard InChI is InChI=1S/C62H46N2O2/c1-5-25-51-44(7-3)46-31-19-21-35-53(46)63(51)55-37-23-33-48-50-40-57-59(49-34-24-38-56(61(49)65-57)64-52(26-6-2)45(8-4)47-32-20-22-36-54(47)64)58(62(50)66-60(48)55)43-30-16-13-11-9-10-12-15-29-42(39-43)41-27-17-14-18-28-41/h5-40H,3-4H2,1-2H3/b10-9-,11-9?,12-10?,13-11+,15-12-,16-13?,25-5-,26-6-,29-15?,30-16+,42-29+,42-39?,43-30?,43-39+. The molecule has 66 heavy (non-hydrogen) atoms. The van der Waals surface area contributed by atoms with Crippen molar-refractivity contribution in [2.45, 2.75) is 13.8 Å². The third-order valence-electron chi connectivity index (χ3n) is 12.6. The van der Waals surface area contributed by atoms with E-state index in [9.17, 15) is 0 Å². The zero-order valence-electron chi connectivity index (χ0n) is 36.9. The van der Waals surface area contributed by atoms with Crippen LogP contribution in [-0.4, -0.2) is 9.13 Å². The maximum Gasteiger partial charge on any atom is 0.159 e. The highest BCUT2D eigenvalue weighted by Gasteiger charge is 2.26. The van der Waals surface area contributed by atoms with Crippen molar-refractivity contribution >= 4 is 101 Å². The van der Waals surface area contributed by atoms with Crippen LogP contribution in [0.5, 0.6) is 0 Å². The Morgan fingerprint density at radius 1 is 0.485 bits per heavy atom. The number of allylic oxidation sites excluding steroid dienone is 14. The van der Waals surface area contributed by atoms with Crippen molar-refractivity contribution in [1.82, 2.24) is 9.13 Å². The van der Waals surface area contributed by atoms with Gasteiger partial charge < -0.3 is 18.0 Å². The van der Waals surface area contributed by atoms with Crippen molar-refractivity contribution in [3.05, 3.63) is 241 Å². The van der Waals surface area contributed by atoms with E-state index in [2.05, 4.69) is 224 Å². The summed E-state index contributed by atoms with van der Waals surface area (Å²) in [5.41, 5.74) is 15.4. The number of para-hydroxylation sites is 4. The lowest BCUT2D eigenvalue weighted by molar-refractivity contribution is 0.660. The van der Waals surface area contributed by atoms with Crippen LogP contribution in [0.15, 0.2) is 216 Å². The lowest BCUT2D eigenvalue weighted by Gasteiger charge is -2.11. The van der Waals surface area contributed by atoms with Gasteiger partial charge in [-0.2, -0.15) is 0 Å². The maximum absolute atomic E-state index is 7.45. The highest BCUT2D eigenvalue weighted by Crippen LogP contribution is 2.47. The molecule has 4 heteroatoms. The number of rotatable bonds is 8. The van der Waals surface area contributed by atoms with Gasteiger partial charge in [-0.25, -0.2) is 0 Å². The molecular weight excluding hydrogens is 805 g/mol. The van der Waals surface area contributed by atoms with Gasteiger partial charge in [0.1, 0.15) is 11.2 Å². The molecule has 0 spiro atoms. The molecule has 4 aromatic heterocycles. The van der Waals surface area contributed by atoms with Crippen LogP contribution in [0.3, 0.4) is 0 Å². The Kier molecular flexibility index (Phi) is 10.3. The first kappa shape index (κ1) is 40.2. The molecule has 0 N–H and O–H groups in total. The molecule has 1 aliphatic carbocycles. The smallest absolute Gasteiger partial charge is 0.159 e. The molecule has 316 valence electrons. The van der Waals surface area contributed by atoms with E-state index in [0.29, 0.717) is 0 Å². The molecule has 4 nitrogen and oxygen atoms in total. The minimum absolute atomic E-state index is 0.764. The summed E-state index contributed by atoms with van der Waals surface area (Å²) in [6.45, 7) is 12.6. The summed E-state index contributed by atoms with van der Waals surface area (Å²) in [7, 11) is 0. The number of nitrogens with zero attached hydrogens (tertiary/aromatic N) is 2. The predicted octanol–water partition coefficient (Wildman–Crippen LogP) is 17.4. The summed E-state index contributed by atoms with van der Waals surface area (Å²) >= 11 is 0. The highest BCUT2D eigenvalue weighted by molar-refractivity contribution is 6.23. The topological polar surface area (TPSA) is 36.1 Å². The number of fused-ring (bicyclic) bond motifs is 8. The van der Waals surface area contributed by atoms with Crippen LogP contribution in [0.4, 0.5) is 0 Å². The molecule has 0 unspecified atom stereocenters. The van der Waals surface area contributed by atoms with Crippen LogP contribution >= 0.6 is 0 Å². The van der Waals surface area contributed by atoms with E-state index in [4.69, 9.17) is 8.83 Å². The molecule has 4 heterocycles. The van der Waals surface area contributed by atoms with Crippen molar-refractivity contribution in [2.75, 3.05) is 0 Å². The maximum atomic E-state index is 7.45. The Morgan fingerprint density at radius 2 is 1.03 bits per heavy atom. The molecular formula is C62H46N2O2. The molecule has 0 aliphatic heterocycles. The molecule has 1 aliphatic rings. The van der Waals surface area contributed by atoms with Gasteiger partial charge in [0.25, 0.3) is 0 Å². The summed E-state index contributed by atoms with van der Waals surface area (Å²) in [5.74, 6) is 0. The van der Waals surface area contributed by atoms with E-state index in [1.807, 2.05) is 30.4 Å². The SMILES string of the molecule is C=Cc1c(/C=C\C)n(-c2cccc3c2oc2c(C4=C/C(c5ccccc5)=C\C=C/C=C\C=C\C=C\4)c4c(cc23)oc2c(-n3c(/C=C\C)c(C=C)c5ccccc53)cccc24)c2ccccc12. The fourth-order valence-corrected chi connectivity index (χ4v) is 9.84. The monoisotopic (exact) mass is 850 g/mol. The van der Waals surface area contributed by atoms with Gasteiger partial charge in [0.15, 0.2) is 11.2 Å². The average Bonchev–Trinajstić information content (AvgIpc) is 4.09. The molecule has 11 rings (SSSR count). The average molecular weight is 851 g/mol. The Labute approximate surface area is 383 Å². The minimum Gasteiger partial charge on any atom is -0.454 e. The first-order valence-electron chi connectivity index (χ1n) is 22.4. The summed E-state index contributed by atoms with van der Waals surface area (Å²) in [4.78, 5) is 0. The molecule has 6 aromatic carbocycles. The second-order valence-corrected chi connectivity index (χ2v) is 16.3. The lowest BCUT2D eigenvalue weighted by atomic mass is 9.92.